The maximum Gasteiger partial charge on any atom is 0.146 e. The highest BCUT2D eigenvalue weighted by molar-refractivity contribution is 14.1. The molecule has 9 heteroatoms. The van der Waals surface area contributed by atoms with Gasteiger partial charge in [0, 0.05) is 21.5 Å². The molecule has 0 amide bonds. The van der Waals surface area contributed by atoms with Crippen LogP contribution in [0.25, 0.3) is 11.0 Å². The quantitative estimate of drug-likeness (QED) is 0.379. The summed E-state index contributed by atoms with van der Waals surface area (Å²) in [7, 11) is 0. The van der Waals surface area contributed by atoms with Crippen molar-refractivity contribution in [3.05, 3.63) is 68.8 Å². The number of hydrogen-bond acceptors (Lipinski definition) is 4. The molecule has 3 aromatic heterocycles. The first kappa shape index (κ1) is 15.5. The smallest absolute Gasteiger partial charge is 0.146 e. The van der Waals surface area contributed by atoms with Gasteiger partial charge >= 0.3 is 0 Å². The van der Waals surface area contributed by atoms with E-state index in [1.807, 2.05) is 10.8 Å². The standard InChI is InChI=1S/C15H9ClFIN6/c16-14-12-10(18)6-24(15(12)20-7-19-14)13(11-5-21-23-22-11)8-3-1-2-4-9(8)17/h1-7,13H,(H,21,22,23). The van der Waals surface area contributed by atoms with Gasteiger partial charge in [-0.2, -0.15) is 0 Å². The van der Waals surface area contributed by atoms with Gasteiger partial charge in [0.2, 0.25) is 0 Å². The molecule has 1 aromatic carbocycles. The first-order chi connectivity index (χ1) is 11.7. The first-order valence-electron chi connectivity index (χ1n) is 6.94. The topological polar surface area (TPSA) is 72.3 Å². The SMILES string of the molecule is Fc1ccccc1C(c1c[nH]nn1)n1cc(I)c2c(Cl)ncnc21. The van der Waals surface area contributed by atoms with Crippen molar-refractivity contribution in [2.75, 3.05) is 0 Å². The van der Waals surface area contributed by atoms with Crippen LogP contribution in [0.4, 0.5) is 4.39 Å². The van der Waals surface area contributed by atoms with Gasteiger partial charge in [0.25, 0.3) is 0 Å². The van der Waals surface area contributed by atoms with Gasteiger partial charge in [0.05, 0.1) is 5.39 Å². The number of hydrogen-bond donors (Lipinski definition) is 1. The maximum atomic E-state index is 14.5. The molecule has 1 unspecified atom stereocenters. The Balaban J connectivity index is 2.03. The summed E-state index contributed by atoms with van der Waals surface area (Å²) >= 11 is 8.37. The van der Waals surface area contributed by atoms with E-state index in [4.69, 9.17) is 11.6 Å². The molecule has 4 rings (SSSR count). The van der Waals surface area contributed by atoms with Crippen molar-refractivity contribution in [3.63, 3.8) is 0 Å². The molecule has 0 aliphatic heterocycles. The fraction of sp³-hybridized carbons (Fsp3) is 0.0667. The number of nitrogens with zero attached hydrogens (tertiary/aromatic N) is 5. The second kappa shape index (κ2) is 6.10. The number of aromatic amines is 1. The molecule has 4 aromatic rings. The number of fused-ring (bicyclic) bond motifs is 1. The predicted molar refractivity (Wildman–Crippen MR) is 95.3 cm³/mol. The van der Waals surface area contributed by atoms with Crippen LogP contribution in [-0.4, -0.2) is 29.9 Å². The number of benzene rings is 1. The van der Waals surface area contributed by atoms with Gasteiger partial charge in [-0.15, -0.1) is 5.10 Å². The zero-order valence-corrected chi connectivity index (χ0v) is 14.9. The monoisotopic (exact) mass is 454 g/mol. The maximum absolute atomic E-state index is 14.5. The molecule has 120 valence electrons. The number of rotatable bonds is 3. The average molecular weight is 455 g/mol. The molecule has 6 nitrogen and oxygen atoms in total. The molecule has 3 heterocycles. The molecular weight excluding hydrogens is 446 g/mol. The highest BCUT2D eigenvalue weighted by atomic mass is 127. The molecule has 0 fully saturated rings. The van der Waals surface area contributed by atoms with E-state index in [0.717, 1.165) is 8.96 Å². The van der Waals surface area contributed by atoms with Crippen LogP contribution in [0, 0.1) is 9.39 Å². The second-order valence-corrected chi connectivity index (χ2v) is 6.59. The van der Waals surface area contributed by atoms with Crippen molar-refractivity contribution in [2.24, 2.45) is 0 Å². The largest absolute Gasteiger partial charge is 0.318 e. The predicted octanol–water partition coefficient (Wildman–Crippen LogP) is 3.58. The molecule has 1 N–H and O–H groups in total. The average Bonchev–Trinajstić information content (AvgIpc) is 3.20. The number of H-pyrrole nitrogens is 1. The van der Waals surface area contributed by atoms with Gasteiger partial charge < -0.3 is 4.57 Å². The Hall–Kier alpha value is -2.07. The van der Waals surface area contributed by atoms with Crippen molar-refractivity contribution < 1.29 is 4.39 Å². The Labute approximate surface area is 154 Å². The van der Waals surface area contributed by atoms with Gasteiger partial charge in [0.15, 0.2) is 0 Å². The van der Waals surface area contributed by atoms with Crippen molar-refractivity contribution in [1.82, 2.24) is 29.9 Å². The minimum atomic E-state index is -0.526. The molecule has 1 atom stereocenters. The molecule has 0 saturated carbocycles. The lowest BCUT2D eigenvalue weighted by Crippen LogP contribution is -2.14. The molecule has 24 heavy (non-hydrogen) atoms. The fourth-order valence-electron chi connectivity index (χ4n) is 2.69. The lowest BCUT2D eigenvalue weighted by atomic mass is 10.0. The summed E-state index contributed by atoms with van der Waals surface area (Å²) < 4.78 is 17.2. The third-order valence-electron chi connectivity index (χ3n) is 3.71. The number of aromatic nitrogens is 6. The van der Waals surface area contributed by atoms with E-state index in [-0.39, 0.29) is 5.82 Å². The van der Waals surface area contributed by atoms with Gasteiger partial charge in [-0.25, -0.2) is 14.4 Å². The van der Waals surface area contributed by atoms with Gasteiger partial charge in [0.1, 0.15) is 34.7 Å². The van der Waals surface area contributed by atoms with E-state index in [9.17, 15) is 4.39 Å². The number of nitrogens with one attached hydrogen (secondary N) is 1. The molecular formula is C15H9ClFIN6. The Morgan fingerprint density at radius 1 is 1.25 bits per heavy atom. The highest BCUT2D eigenvalue weighted by Gasteiger charge is 2.25. The molecule has 0 bridgehead atoms. The van der Waals surface area contributed by atoms with Crippen LogP contribution in [0.3, 0.4) is 0 Å². The summed E-state index contributed by atoms with van der Waals surface area (Å²) in [5, 5.41) is 11.6. The fourth-order valence-corrected chi connectivity index (χ4v) is 3.88. The van der Waals surface area contributed by atoms with Crippen LogP contribution >= 0.6 is 34.2 Å². The van der Waals surface area contributed by atoms with Crippen LogP contribution in [0.2, 0.25) is 5.15 Å². The lowest BCUT2D eigenvalue weighted by Gasteiger charge is -2.18. The van der Waals surface area contributed by atoms with Crippen molar-refractivity contribution in [1.29, 1.82) is 0 Å². The summed E-state index contributed by atoms with van der Waals surface area (Å²) in [6, 6.07) is 6.04. The zero-order chi connectivity index (χ0) is 16.7. The lowest BCUT2D eigenvalue weighted by molar-refractivity contribution is 0.571. The Morgan fingerprint density at radius 3 is 2.83 bits per heavy atom. The molecule has 0 aliphatic rings. The summed E-state index contributed by atoms with van der Waals surface area (Å²) in [6.45, 7) is 0. The Kier molecular flexibility index (Phi) is 3.93. The van der Waals surface area contributed by atoms with Crippen LogP contribution in [0.5, 0.6) is 0 Å². The number of halogens is 3. The summed E-state index contributed by atoms with van der Waals surface area (Å²) in [5.41, 5.74) is 1.65. The van der Waals surface area contributed by atoms with Crippen molar-refractivity contribution >= 4 is 45.2 Å². The minimum Gasteiger partial charge on any atom is -0.318 e. The Morgan fingerprint density at radius 2 is 2.08 bits per heavy atom. The third kappa shape index (κ3) is 2.46. The zero-order valence-electron chi connectivity index (χ0n) is 12.0. The van der Waals surface area contributed by atoms with Gasteiger partial charge in [-0.1, -0.05) is 35.0 Å². The highest BCUT2D eigenvalue weighted by Crippen LogP contribution is 2.34. The molecule has 0 radical (unpaired) electrons. The van der Waals surface area contributed by atoms with Gasteiger partial charge in [-0.05, 0) is 28.7 Å². The van der Waals surface area contributed by atoms with Crippen LogP contribution in [0.1, 0.15) is 17.3 Å². The third-order valence-corrected chi connectivity index (χ3v) is 4.82. The molecule has 0 saturated heterocycles. The van der Waals surface area contributed by atoms with E-state index in [1.54, 1.807) is 24.4 Å². The summed E-state index contributed by atoms with van der Waals surface area (Å²) in [5.74, 6) is -0.331. The van der Waals surface area contributed by atoms with Crippen LogP contribution in [-0.2, 0) is 0 Å². The van der Waals surface area contributed by atoms with Crippen molar-refractivity contribution in [3.8, 4) is 0 Å². The summed E-state index contributed by atoms with van der Waals surface area (Å²) in [6.07, 6.45) is 4.88. The van der Waals surface area contributed by atoms with E-state index >= 15 is 0 Å². The van der Waals surface area contributed by atoms with E-state index in [1.165, 1.54) is 12.4 Å². The first-order valence-corrected chi connectivity index (χ1v) is 8.40. The van der Waals surface area contributed by atoms with Crippen LogP contribution < -0.4 is 0 Å². The van der Waals surface area contributed by atoms with Crippen LogP contribution in [0.15, 0.2) is 43.0 Å². The van der Waals surface area contributed by atoms with E-state index in [0.29, 0.717) is 22.1 Å². The van der Waals surface area contributed by atoms with E-state index < -0.39 is 6.04 Å². The molecule has 0 spiro atoms. The summed E-state index contributed by atoms with van der Waals surface area (Å²) in [4.78, 5) is 8.35. The minimum absolute atomic E-state index is 0.331. The van der Waals surface area contributed by atoms with Crippen molar-refractivity contribution in [2.45, 2.75) is 6.04 Å². The van der Waals surface area contributed by atoms with Gasteiger partial charge in [-0.3, -0.25) is 5.10 Å². The van der Waals surface area contributed by atoms with E-state index in [2.05, 4.69) is 48.0 Å². The molecule has 0 aliphatic carbocycles. The Bertz CT molecular complexity index is 1020. The normalized spacial score (nSPS) is 12.6. The second-order valence-electron chi connectivity index (χ2n) is 5.07.